The molecule has 0 amide bonds. The fourth-order valence-electron chi connectivity index (χ4n) is 2.46. The molecule has 4 heteroatoms. The standard InChI is InChI=1S/C14H21FN2O/c1-2-17-9-7-14(11-18,8-10-17)16-13-5-3-12(15)4-6-13/h3-6,16,18H,2,7-11H2,1H3. The van der Waals surface area contributed by atoms with Crippen molar-refractivity contribution in [3.05, 3.63) is 30.1 Å². The van der Waals surface area contributed by atoms with E-state index in [9.17, 15) is 9.50 Å². The van der Waals surface area contributed by atoms with Crippen molar-refractivity contribution in [2.45, 2.75) is 25.3 Å². The van der Waals surface area contributed by atoms with E-state index >= 15 is 0 Å². The number of nitrogens with one attached hydrogen (secondary N) is 1. The van der Waals surface area contributed by atoms with Gasteiger partial charge in [-0.1, -0.05) is 6.92 Å². The smallest absolute Gasteiger partial charge is 0.123 e. The number of nitrogens with zero attached hydrogens (tertiary/aromatic N) is 1. The van der Waals surface area contributed by atoms with Crippen LogP contribution in [-0.4, -0.2) is 41.8 Å². The SMILES string of the molecule is CCN1CCC(CO)(Nc2ccc(F)cc2)CC1. The van der Waals surface area contributed by atoms with Crippen LogP contribution in [0.5, 0.6) is 0 Å². The predicted molar refractivity (Wildman–Crippen MR) is 71.2 cm³/mol. The minimum Gasteiger partial charge on any atom is -0.394 e. The maximum absolute atomic E-state index is 12.9. The van der Waals surface area contributed by atoms with Gasteiger partial charge >= 0.3 is 0 Å². The largest absolute Gasteiger partial charge is 0.394 e. The summed E-state index contributed by atoms with van der Waals surface area (Å²) in [4.78, 5) is 2.38. The van der Waals surface area contributed by atoms with Crippen LogP contribution in [0.4, 0.5) is 10.1 Å². The summed E-state index contributed by atoms with van der Waals surface area (Å²) < 4.78 is 12.9. The Morgan fingerprint density at radius 1 is 1.28 bits per heavy atom. The van der Waals surface area contributed by atoms with E-state index in [1.165, 1.54) is 12.1 Å². The van der Waals surface area contributed by atoms with Gasteiger partial charge in [-0.3, -0.25) is 0 Å². The zero-order chi connectivity index (χ0) is 13.0. The topological polar surface area (TPSA) is 35.5 Å². The Morgan fingerprint density at radius 2 is 1.89 bits per heavy atom. The Hall–Kier alpha value is -1.13. The van der Waals surface area contributed by atoms with Crippen LogP contribution >= 0.6 is 0 Å². The van der Waals surface area contributed by atoms with E-state index in [-0.39, 0.29) is 18.0 Å². The van der Waals surface area contributed by atoms with Crippen molar-refractivity contribution in [1.82, 2.24) is 4.90 Å². The lowest BCUT2D eigenvalue weighted by atomic mass is 9.88. The average molecular weight is 252 g/mol. The van der Waals surface area contributed by atoms with Crippen LogP contribution in [0.3, 0.4) is 0 Å². The number of anilines is 1. The number of hydrogen-bond donors (Lipinski definition) is 2. The quantitative estimate of drug-likeness (QED) is 0.861. The van der Waals surface area contributed by atoms with Crippen molar-refractivity contribution >= 4 is 5.69 Å². The fourth-order valence-corrected chi connectivity index (χ4v) is 2.46. The average Bonchev–Trinajstić information content (AvgIpc) is 2.42. The third-order valence-corrected chi connectivity index (χ3v) is 3.82. The number of aliphatic hydroxyl groups is 1. The second kappa shape index (κ2) is 5.67. The lowest BCUT2D eigenvalue weighted by Crippen LogP contribution is -2.51. The lowest BCUT2D eigenvalue weighted by molar-refractivity contribution is 0.122. The molecule has 2 N–H and O–H groups in total. The van der Waals surface area contributed by atoms with Gasteiger partial charge in [0.05, 0.1) is 12.1 Å². The number of rotatable bonds is 4. The molecule has 1 heterocycles. The molecule has 0 saturated carbocycles. The van der Waals surface area contributed by atoms with Gasteiger partial charge in [0.1, 0.15) is 5.82 Å². The molecule has 1 aliphatic heterocycles. The maximum atomic E-state index is 12.9. The summed E-state index contributed by atoms with van der Waals surface area (Å²) in [6.07, 6.45) is 1.82. The first-order chi connectivity index (χ1) is 8.67. The molecule has 0 aromatic heterocycles. The van der Waals surface area contributed by atoms with Crippen molar-refractivity contribution in [3.8, 4) is 0 Å². The van der Waals surface area contributed by atoms with Gasteiger partial charge in [0, 0.05) is 18.8 Å². The Labute approximate surface area is 108 Å². The summed E-state index contributed by atoms with van der Waals surface area (Å²) >= 11 is 0. The van der Waals surface area contributed by atoms with Crippen LogP contribution in [0.25, 0.3) is 0 Å². The van der Waals surface area contributed by atoms with E-state index in [1.54, 1.807) is 12.1 Å². The third-order valence-electron chi connectivity index (χ3n) is 3.82. The van der Waals surface area contributed by atoms with E-state index in [0.29, 0.717) is 0 Å². The minimum atomic E-state index is -0.260. The molecule has 0 bridgehead atoms. The van der Waals surface area contributed by atoms with E-state index in [2.05, 4.69) is 17.1 Å². The van der Waals surface area contributed by atoms with Gasteiger partial charge in [0.2, 0.25) is 0 Å². The van der Waals surface area contributed by atoms with E-state index in [1.807, 2.05) is 0 Å². The zero-order valence-corrected chi connectivity index (χ0v) is 10.8. The van der Waals surface area contributed by atoms with Gasteiger partial charge < -0.3 is 15.3 Å². The van der Waals surface area contributed by atoms with Crippen molar-refractivity contribution < 1.29 is 9.50 Å². The minimum absolute atomic E-state index is 0.113. The molecule has 1 fully saturated rings. The van der Waals surface area contributed by atoms with Gasteiger partial charge in [-0.25, -0.2) is 4.39 Å². The van der Waals surface area contributed by atoms with Crippen molar-refractivity contribution in [2.24, 2.45) is 0 Å². The highest BCUT2D eigenvalue weighted by molar-refractivity contribution is 5.45. The monoisotopic (exact) mass is 252 g/mol. The summed E-state index contributed by atoms with van der Waals surface area (Å²) in [6.45, 7) is 5.30. The normalized spacial score (nSPS) is 19.7. The van der Waals surface area contributed by atoms with Gasteiger partial charge in [-0.05, 0) is 43.7 Å². The Morgan fingerprint density at radius 3 is 2.39 bits per heavy atom. The molecule has 0 atom stereocenters. The Balaban J connectivity index is 2.03. The first kappa shape index (κ1) is 13.3. The molecule has 1 saturated heterocycles. The van der Waals surface area contributed by atoms with Gasteiger partial charge in [-0.15, -0.1) is 0 Å². The highest BCUT2D eigenvalue weighted by Gasteiger charge is 2.33. The molecule has 18 heavy (non-hydrogen) atoms. The summed E-state index contributed by atoms with van der Waals surface area (Å²) in [6, 6.07) is 6.32. The molecular weight excluding hydrogens is 231 g/mol. The zero-order valence-electron chi connectivity index (χ0n) is 10.8. The molecule has 1 aliphatic rings. The summed E-state index contributed by atoms with van der Waals surface area (Å²) in [5, 5.41) is 13.0. The van der Waals surface area contributed by atoms with Crippen molar-refractivity contribution in [2.75, 3.05) is 31.6 Å². The number of halogens is 1. The lowest BCUT2D eigenvalue weighted by Gasteiger charge is -2.41. The first-order valence-electron chi connectivity index (χ1n) is 6.54. The van der Waals surface area contributed by atoms with Crippen LogP contribution in [0, 0.1) is 5.82 Å². The second-order valence-electron chi connectivity index (χ2n) is 5.00. The Kier molecular flexibility index (Phi) is 4.19. The van der Waals surface area contributed by atoms with Gasteiger partial charge in [0.15, 0.2) is 0 Å². The number of hydrogen-bond acceptors (Lipinski definition) is 3. The van der Waals surface area contributed by atoms with E-state index < -0.39 is 0 Å². The van der Waals surface area contributed by atoms with Crippen molar-refractivity contribution in [1.29, 1.82) is 0 Å². The fraction of sp³-hybridized carbons (Fsp3) is 0.571. The molecule has 0 unspecified atom stereocenters. The van der Waals surface area contributed by atoms with Gasteiger partial charge in [0.25, 0.3) is 0 Å². The molecule has 0 radical (unpaired) electrons. The third kappa shape index (κ3) is 3.00. The van der Waals surface area contributed by atoms with E-state index in [0.717, 1.165) is 38.2 Å². The highest BCUT2D eigenvalue weighted by atomic mass is 19.1. The molecule has 0 spiro atoms. The molecule has 3 nitrogen and oxygen atoms in total. The molecule has 0 aliphatic carbocycles. The molecule has 100 valence electrons. The van der Waals surface area contributed by atoms with Crippen LogP contribution in [-0.2, 0) is 0 Å². The second-order valence-corrected chi connectivity index (χ2v) is 5.00. The molecule has 1 aromatic carbocycles. The summed E-state index contributed by atoms with van der Waals surface area (Å²) in [5.74, 6) is -0.237. The van der Waals surface area contributed by atoms with Crippen LogP contribution < -0.4 is 5.32 Å². The van der Waals surface area contributed by atoms with Gasteiger partial charge in [-0.2, -0.15) is 0 Å². The summed E-state index contributed by atoms with van der Waals surface area (Å²) in [7, 11) is 0. The van der Waals surface area contributed by atoms with Crippen LogP contribution in [0.15, 0.2) is 24.3 Å². The molecular formula is C14H21FN2O. The predicted octanol–water partition coefficient (Wildman–Crippen LogP) is 2.08. The number of likely N-dealkylation sites (tertiary alicyclic amines) is 1. The number of aliphatic hydroxyl groups excluding tert-OH is 1. The number of benzene rings is 1. The first-order valence-corrected chi connectivity index (χ1v) is 6.54. The molecule has 2 rings (SSSR count). The van der Waals surface area contributed by atoms with Crippen LogP contribution in [0.1, 0.15) is 19.8 Å². The highest BCUT2D eigenvalue weighted by Crippen LogP contribution is 2.26. The maximum Gasteiger partial charge on any atom is 0.123 e. The summed E-state index contributed by atoms with van der Waals surface area (Å²) in [5.41, 5.74) is 0.610. The molecule has 1 aromatic rings. The number of piperidine rings is 1. The van der Waals surface area contributed by atoms with Crippen molar-refractivity contribution in [3.63, 3.8) is 0 Å². The Bertz CT molecular complexity index is 372. The van der Waals surface area contributed by atoms with Crippen LogP contribution in [0.2, 0.25) is 0 Å². The van der Waals surface area contributed by atoms with E-state index in [4.69, 9.17) is 0 Å².